The molecule has 0 aliphatic heterocycles. The molecule has 2 nitrogen and oxygen atoms in total. The Morgan fingerprint density at radius 2 is 2.14 bits per heavy atom. The van der Waals surface area contributed by atoms with Crippen LogP contribution >= 0.6 is 11.6 Å². The quantitative estimate of drug-likeness (QED) is 0.567. The third-order valence-electron chi connectivity index (χ3n) is 1.93. The standard InChI is InChI=1S/C11H13ClO2/c1-2-9-5-3-4-6-10(9)11(13)14-8-7-12/h3-6H,2,7-8H2,1H3. The lowest BCUT2D eigenvalue weighted by Gasteiger charge is -2.06. The van der Waals surface area contributed by atoms with Gasteiger partial charge in [-0.15, -0.1) is 11.6 Å². The minimum absolute atomic E-state index is 0.262. The van der Waals surface area contributed by atoms with Gasteiger partial charge in [0.15, 0.2) is 0 Å². The molecule has 0 saturated heterocycles. The zero-order valence-electron chi connectivity index (χ0n) is 8.13. The number of carbonyl (C=O) groups is 1. The highest BCUT2D eigenvalue weighted by Gasteiger charge is 2.09. The molecule has 0 spiro atoms. The summed E-state index contributed by atoms with van der Waals surface area (Å²) in [6.45, 7) is 2.27. The van der Waals surface area contributed by atoms with Crippen molar-refractivity contribution in [1.29, 1.82) is 0 Å². The molecule has 0 fully saturated rings. The molecule has 0 atom stereocenters. The Labute approximate surface area is 88.8 Å². The van der Waals surface area contributed by atoms with Crippen LogP contribution in [-0.2, 0) is 11.2 Å². The molecule has 0 heterocycles. The van der Waals surface area contributed by atoms with Gasteiger partial charge in [-0.1, -0.05) is 25.1 Å². The lowest BCUT2D eigenvalue weighted by atomic mass is 10.1. The molecule has 0 unspecified atom stereocenters. The van der Waals surface area contributed by atoms with Crippen molar-refractivity contribution in [3.63, 3.8) is 0 Å². The molecular formula is C11H13ClO2. The second-order valence-electron chi connectivity index (χ2n) is 2.84. The summed E-state index contributed by atoms with van der Waals surface area (Å²) in [7, 11) is 0. The van der Waals surface area contributed by atoms with Crippen LogP contribution in [0.1, 0.15) is 22.8 Å². The highest BCUT2D eigenvalue weighted by Crippen LogP contribution is 2.10. The Bertz CT molecular complexity index is 310. The van der Waals surface area contributed by atoms with Crippen molar-refractivity contribution in [2.24, 2.45) is 0 Å². The van der Waals surface area contributed by atoms with E-state index >= 15 is 0 Å². The third-order valence-corrected chi connectivity index (χ3v) is 2.08. The molecule has 1 aromatic rings. The minimum atomic E-state index is -0.289. The number of esters is 1. The lowest BCUT2D eigenvalue weighted by molar-refractivity contribution is 0.0528. The number of hydrogen-bond donors (Lipinski definition) is 0. The van der Waals surface area contributed by atoms with E-state index in [9.17, 15) is 4.79 Å². The van der Waals surface area contributed by atoms with Crippen molar-refractivity contribution >= 4 is 17.6 Å². The zero-order valence-corrected chi connectivity index (χ0v) is 8.88. The smallest absolute Gasteiger partial charge is 0.338 e. The first-order valence-electron chi connectivity index (χ1n) is 4.60. The van der Waals surface area contributed by atoms with Crippen LogP contribution in [0.15, 0.2) is 24.3 Å². The molecule has 3 heteroatoms. The molecule has 14 heavy (non-hydrogen) atoms. The Morgan fingerprint density at radius 3 is 2.79 bits per heavy atom. The van der Waals surface area contributed by atoms with E-state index in [0.717, 1.165) is 12.0 Å². The van der Waals surface area contributed by atoms with Crippen LogP contribution in [-0.4, -0.2) is 18.5 Å². The first kappa shape index (κ1) is 11.1. The van der Waals surface area contributed by atoms with Gasteiger partial charge in [0.05, 0.1) is 11.4 Å². The monoisotopic (exact) mass is 212 g/mol. The van der Waals surface area contributed by atoms with E-state index in [2.05, 4.69) is 0 Å². The predicted molar refractivity (Wildman–Crippen MR) is 56.8 cm³/mol. The Hall–Kier alpha value is -1.02. The fraction of sp³-hybridized carbons (Fsp3) is 0.364. The minimum Gasteiger partial charge on any atom is -0.461 e. The molecule has 1 aromatic carbocycles. The van der Waals surface area contributed by atoms with Crippen molar-refractivity contribution in [3.8, 4) is 0 Å². The lowest BCUT2D eigenvalue weighted by Crippen LogP contribution is -2.09. The van der Waals surface area contributed by atoms with Gasteiger partial charge in [0.1, 0.15) is 6.61 Å². The Morgan fingerprint density at radius 1 is 1.43 bits per heavy atom. The summed E-state index contributed by atoms with van der Waals surface area (Å²) in [5.74, 6) is 0.0446. The number of ether oxygens (including phenoxy) is 1. The van der Waals surface area contributed by atoms with Gasteiger partial charge in [0.25, 0.3) is 0 Å². The highest BCUT2D eigenvalue weighted by atomic mass is 35.5. The van der Waals surface area contributed by atoms with E-state index in [1.54, 1.807) is 6.07 Å². The fourth-order valence-corrected chi connectivity index (χ4v) is 1.31. The summed E-state index contributed by atoms with van der Waals surface area (Å²) in [5.41, 5.74) is 1.65. The van der Waals surface area contributed by atoms with Crippen LogP contribution in [0.5, 0.6) is 0 Å². The molecule has 0 saturated carbocycles. The van der Waals surface area contributed by atoms with E-state index < -0.39 is 0 Å². The van der Waals surface area contributed by atoms with Crippen molar-refractivity contribution in [2.45, 2.75) is 13.3 Å². The molecule has 0 aliphatic carbocycles. The molecule has 0 amide bonds. The van der Waals surface area contributed by atoms with E-state index in [4.69, 9.17) is 16.3 Å². The van der Waals surface area contributed by atoms with Gasteiger partial charge >= 0.3 is 5.97 Å². The second kappa shape index (κ2) is 5.66. The van der Waals surface area contributed by atoms with Gasteiger partial charge in [0.2, 0.25) is 0 Å². The van der Waals surface area contributed by atoms with Gasteiger partial charge in [-0.05, 0) is 18.1 Å². The molecular weight excluding hydrogens is 200 g/mol. The molecule has 0 radical (unpaired) electrons. The molecule has 76 valence electrons. The number of halogens is 1. The number of carbonyl (C=O) groups excluding carboxylic acids is 1. The van der Waals surface area contributed by atoms with Gasteiger partial charge in [-0.2, -0.15) is 0 Å². The first-order chi connectivity index (χ1) is 6.79. The summed E-state index contributed by atoms with van der Waals surface area (Å²) in [6.07, 6.45) is 0.826. The average molecular weight is 213 g/mol. The van der Waals surface area contributed by atoms with E-state index in [1.807, 2.05) is 25.1 Å². The first-order valence-corrected chi connectivity index (χ1v) is 5.14. The van der Waals surface area contributed by atoms with Crippen molar-refractivity contribution < 1.29 is 9.53 Å². The third kappa shape index (κ3) is 2.74. The number of aryl methyl sites for hydroxylation is 1. The molecule has 0 bridgehead atoms. The molecule has 1 rings (SSSR count). The molecule has 0 N–H and O–H groups in total. The zero-order chi connectivity index (χ0) is 10.4. The maximum atomic E-state index is 11.5. The number of benzene rings is 1. The van der Waals surface area contributed by atoms with Crippen molar-refractivity contribution in [3.05, 3.63) is 35.4 Å². The van der Waals surface area contributed by atoms with Crippen molar-refractivity contribution in [1.82, 2.24) is 0 Å². The van der Waals surface area contributed by atoms with Crippen LogP contribution in [0, 0.1) is 0 Å². The summed E-state index contributed by atoms with van der Waals surface area (Å²) >= 11 is 5.43. The summed E-state index contributed by atoms with van der Waals surface area (Å²) in [5, 5.41) is 0. The highest BCUT2D eigenvalue weighted by molar-refractivity contribution is 6.18. The second-order valence-corrected chi connectivity index (χ2v) is 3.21. The topological polar surface area (TPSA) is 26.3 Å². The van der Waals surface area contributed by atoms with Crippen LogP contribution in [0.25, 0.3) is 0 Å². The van der Waals surface area contributed by atoms with Gasteiger partial charge < -0.3 is 4.74 Å². The van der Waals surface area contributed by atoms with Gasteiger partial charge in [-0.3, -0.25) is 0 Å². The fourth-order valence-electron chi connectivity index (χ4n) is 1.24. The summed E-state index contributed by atoms with van der Waals surface area (Å²) in [6, 6.07) is 7.44. The number of hydrogen-bond acceptors (Lipinski definition) is 2. The Kier molecular flexibility index (Phi) is 4.47. The van der Waals surface area contributed by atoms with Crippen LogP contribution < -0.4 is 0 Å². The number of rotatable bonds is 4. The van der Waals surface area contributed by atoms with E-state index in [1.165, 1.54) is 0 Å². The normalized spacial score (nSPS) is 9.86. The summed E-state index contributed by atoms with van der Waals surface area (Å²) in [4.78, 5) is 11.5. The average Bonchev–Trinajstić information content (AvgIpc) is 2.25. The molecule has 0 aliphatic rings. The van der Waals surface area contributed by atoms with Gasteiger partial charge in [-0.25, -0.2) is 4.79 Å². The van der Waals surface area contributed by atoms with Crippen LogP contribution in [0.3, 0.4) is 0 Å². The SMILES string of the molecule is CCc1ccccc1C(=O)OCCCl. The molecule has 0 aromatic heterocycles. The van der Waals surface area contributed by atoms with Gasteiger partial charge in [0, 0.05) is 0 Å². The Balaban J connectivity index is 2.78. The maximum absolute atomic E-state index is 11.5. The number of alkyl halides is 1. The summed E-state index contributed by atoms with van der Waals surface area (Å²) < 4.78 is 4.95. The predicted octanol–water partition coefficient (Wildman–Crippen LogP) is 2.64. The van der Waals surface area contributed by atoms with Crippen LogP contribution in [0.2, 0.25) is 0 Å². The van der Waals surface area contributed by atoms with E-state index in [-0.39, 0.29) is 12.6 Å². The largest absolute Gasteiger partial charge is 0.461 e. The maximum Gasteiger partial charge on any atom is 0.338 e. The van der Waals surface area contributed by atoms with Crippen LogP contribution in [0.4, 0.5) is 0 Å². The van der Waals surface area contributed by atoms with Crippen molar-refractivity contribution in [2.75, 3.05) is 12.5 Å². The van der Waals surface area contributed by atoms with E-state index in [0.29, 0.717) is 11.4 Å².